The molecule has 0 aromatic carbocycles. The van der Waals surface area contributed by atoms with Crippen molar-refractivity contribution in [1.82, 2.24) is 10.4 Å². The lowest BCUT2D eigenvalue weighted by atomic mass is 10.1. The number of nitrogens with zero attached hydrogens (tertiary/aromatic N) is 1. The maximum absolute atomic E-state index is 5.40. The fraction of sp³-hybridized carbons (Fsp3) is 0.300. The van der Waals surface area contributed by atoms with Gasteiger partial charge in [-0.2, -0.15) is 0 Å². The molecule has 70 valence electrons. The zero-order valence-corrected chi connectivity index (χ0v) is 7.83. The largest absolute Gasteiger partial charge is 0.271 e. The van der Waals surface area contributed by atoms with Gasteiger partial charge in [-0.15, -0.1) is 6.58 Å². The van der Waals surface area contributed by atoms with E-state index in [-0.39, 0.29) is 6.04 Å². The van der Waals surface area contributed by atoms with Crippen LogP contribution >= 0.6 is 0 Å². The number of hydrazine groups is 1. The van der Waals surface area contributed by atoms with E-state index in [0.29, 0.717) is 0 Å². The Bertz CT molecular complexity index is 283. The second-order valence-corrected chi connectivity index (χ2v) is 2.95. The topological polar surface area (TPSA) is 50.9 Å². The van der Waals surface area contributed by atoms with Crippen LogP contribution in [0.25, 0.3) is 0 Å². The van der Waals surface area contributed by atoms with E-state index >= 15 is 0 Å². The number of pyridine rings is 1. The summed E-state index contributed by atoms with van der Waals surface area (Å²) in [5.41, 5.74) is 4.67. The summed E-state index contributed by atoms with van der Waals surface area (Å²) in [5, 5.41) is 0. The van der Waals surface area contributed by atoms with Crippen LogP contribution in [-0.4, -0.2) is 4.98 Å². The van der Waals surface area contributed by atoms with Crippen LogP contribution in [0.1, 0.15) is 23.9 Å². The Balaban J connectivity index is 2.84. The van der Waals surface area contributed by atoms with Crippen molar-refractivity contribution in [2.24, 2.45) is 5.84 Å². The van der Waals surface area contributed by atoms with E-state index < -0.39 is 0 Å². The molecule has 1 aromatic rings. The van der Waals surface area contributed by atoms with E-state index in [0.717, 1.165) is 17.8 Å². The van der Waals surface area contributed by atoms with Gasteiger partial charge in [0, 0.05) is 5.69 Å². The van der Waals surface area contributed by atoms with Crippen molar-refractivity contribution in [2.45, 2.75) is 19.4 Å². The molecule has 0 aliphatic rings. The molecule has 1 aromatic heterocycles. The fourth-order valence-electron chi connectivity index (χ4n) is 1.20. The molecule has 3 nitrogen and oxygen atoms in total. The van der Waals surface area contributed by atoms with Crippen molar-refractivity contribution in [3.63, 3.8) is 0 Å². The number of nitrogens with two attached hydrogens (primary N) is 1. The quantitative estimate of drug-likeness (QED) is 0.416. The Morgan fingerprint density at radius 3 is 3.00 bits per heavy atom. The summed E-state index contributed by atoms with van der Waals surface area (Å²) in [6.07, 6.45) is 2.61. The molecule has 3 N–H and O–H groups in total. The van der Waals surface area contributed by atoms with Gasteiger partial charge in [0.2, 0.25) is 0 Å². The standard InChI is InChI=1S/C10H15N3/c1-3-5-10(13-11)9-7-4-6-8(2)12-9/h3-4,6-7,10,13H,1,5,11H2,2H3. The first-order valence-electron chi connectivity index (χ1n) is 4.28. The van der Waals surface area contributed by atoms with E-state index in [1.807, 2.05) is 31.2 Å². The second-order valence-electron chi connectivity index (χ2n) is 2.95. The van der Waals surface area contributed by atoms with Gasteiger partial charge in [0.25, 0.3) is 0 Å². The van der Waals surface area contributed by atoms with Gasteiger partial charge in [-0.1, -0.05) is 12.1 Å². The second kappa shape index (κ2) is 4.74. The predicted molar refractivity (Wildman–Crippen MR) is 53.9 cm³/mol. The summed E-state index contributed by atoms with van der Waals surface area (Å²) in [5.74, 6) is 5.40. The zero-order valence-electron chi connectivity index (χ0n) is 7.83. The molecule has 0 spiro atoms. The highest BCUT2D eigenvalue weighted by Gasteiger charge is 2.08. The average Bonchev–Trinajstić information content (AvgIpc) is 2.14. The van der Waals surface area contributed by atoms with Crippen LogP contribution in [-0.2, 0) is 0 Å². The van der Waals surface area contributed by atoms with Gasteiger partial charge >= 0.3 is 0 Å². The summed E-state index contributed by atoms with van der Waals surface area (Å²) in [6.45, 7) is 5.64. The molecule has 0 bridgehead atoms. The van der Waals surface area contributed by atoms with Crippen molar-refractivity contribution in [3.8, 4) is 0 Å². The van der Waals surface area contributed by atoms with Gasteiger partial charge in [0.05, 0.1) is 11.7 Å². The average molecular weight is 177 g/mol. The van der Waals surface area contributed by atoms with Gasteiger partial charge in [-0.3, -0.25) is 16.3 Å². The number of aromatic nitrogens is 1. The van der Waals surface area contributed by atoms with Crippen LogP contribution in [0.3, 0.4) is 0 Å². The highest BCUT2D eigenvalue weighted by molar-refractivity contribution is 5.13. The van der Waals surface area contributed by atoms with Crippen LogP contribution in [0.5, 0.6) is 0 Å². The minimum atomic E-state index is 0.0670. The van der Waals surface area contributed by atoms with E-state index in [4.69, 9.17) is 5.84 Å². The Morgan fingerprint density at radius 1 is 1.69 bits per heavy atom. The monoisotopic (exact) mass is 177 g/mol. The third kappa shape index (κ3) is 2.65. The van der Waals surface area contributed by atoms with Crippen LogP contribution in [0.4, 0.5) is 0 Å². The van der Waals surface area contributed by atoms with Gasteiger partial charge < -0.3 is 0 Å². The van der Waals surface area contributed by atoms with E-state index in [1.165, 1.54) is 0 Å². The molecule has 3 heteroatoms. The molecule has 0 radical (unpaired) electrons. The highest BCUT2D eigenvalue weighted by Crippen LogP contribution is 2.13. The maximum Gasteiger partial charge on any atom is 0.0666 e. The molecule has 1 unspecified atom stereocenters. The highest BCUT2D eigenvalue weighted by atomic mass is 15.2. The van der Waals surface area contributed by atoms with E-state index in [9.17, 15) is 0 Å². The number of rotatable bonds is 4. The Kier molecular flexibility index (Phi) is 3.61. The molecule has 0 aliphatic carbocycles. The normalized spacial score (nSPS) is 12.5. The molecule has 1 heterocycles. The maximum atomic E-state index is 5.40. The molecule has 1 rings (SSSR count). The van der Waals surface area contributed by atoms with E-state index in [2.05, 4.69) is 17.0 Å². The summed E-state index contributed by atoms with van der Waals surface area (Å²) in [6, 6.07) is 5.97. The minimum absolute atomic E-state index is 0.0670. The van der Waals surface area contributed by atoms with Gasteiger partial charge in [-0.25, -0.2) is 0 Å². The molecular formula is C10H15N3. The first-order valence-corrected chi connectivity index (χ1v) is 4.28. The van der Waals surface area contributed by atoms with Crippen molar-refractivity contribution < 1.29 is 0 Å². The minimum Gasteiger partial charge on any atom is -0.271 e. The lowest BCUT2D eigenvalue weighted by Crippen LogP contribution is -2.28. The molecule has 13 heavy (non-hydrogen) atoms. The Hall–Kier alpha value is -1.19. The first-order chi connectivity index (χ1) is 6.27. The van der Waals surface area contributed by atoms with Crippen LogP contribution in [0.15, 0.2) is 30.9 Å². The fourth-order valence-corrected chi connectivity index (χ4v) is 1.20. The smallest absolute Gasteiger partial charge is 0.0666 e. The third-order valence-electron chi connectivity index (χ3n) is 1.87. The number of hydrogen-bond acceptors (Lipinski definition) is 3. The number of aryl methyl sites for hydroxylation is 1. The molecule has 1 atom stereocenters. The van der Waals surface area contributed by atoms with Crippen LogP contribution in [0.2, 0.25) is 0 Å². The first kappa shape index (κ1) is 9.89. The molecule has 0 fully saturated rings. The molecule has 0 aliphatic heterocycles. The molecule has 0 saturated heterocycles. The zero-order chi connectivity index (χ0) is 9.68. The predicted octanol–water partition coefficient (Wildman–Crippen LogP) is 1.47. The number of hydrogen-bond donors (Lipinski definition) is 2. The number of nitrogens with one attached hydrogen (secondary N) is 1. The van der Waals surface area contributed by atoms with Crippen LogP contribution < -0.4 is 11.3 Å². The van der Waals surface area contributed by atoms with Crippen molar-refractivity contribution in [3.05, 3.63) is 42.2 Å². The van der Waals surface area contributed by atoms with Gasteiger partial charge in [-0.05, 0) is 25.5 Å². The summed E-state index contributed by atoms with van der Waals surface area (Å²) in [4.78, 5) is 4.37. The van der Waals surface area contributed by atoms with E-state index in [1.54, 1.807) is 0 Å². The summed E-state index contributed by atoms with van der Waals surface area (Å²) in [7, 11) is 0. The molecular weight excluding hydrogens is 162 g/mol. The van der Waals surface area contributed by atoms with Crippen molar-refractivity contribution in [1.29, 1.82) is 0 Å². The van der Waals surface area contributed by atoms with Crippen molar-refractivity contribution in [2.75, 3.05) is 0 Å². The van der Waals surface area contributed by atoms with Gasteiger partial charge in [0.15, 0.2) is 0 Å². The summed E-state index contributed by atoms with van der Waals surface area (Å²) >= 11 is 0. The van der Waals surface area contributed by atoms with Crippen molar-refractivity contribution >= 4 is 0 Å². The summed E-state index contributed by atoms with van der Waals surface area (Å²) < 4.78 is 0. The Morgan fingerprint density at radius 2 is 2.46 bits per heavy atom. The van der Waals surface area contributed by atoms with Crippen LogP contribution in [0, 0.1) is 6.92 Å². The third-order valence-corrected chi connectivity index (χ3v) is 1.87. The van der Waals surface area contributed by atoms with Gasteiger partial charge in [0.1, 0.15) is 0 Å². The SMILES string of the molecule is C=CCC(NN)c1cccc(C)n1. The lowest BCUT2D eigenvalue weighted by molar-refractivity contribution is 0.546. The molecule has 0 amide bonds. The lowest BCUT2D eigenvalue weighted by Gasteiger charge is -2.13. The Labute approximate surface area is 78.6 Å². The molecule has 0 saturated carbocycles.